The van der Waals surface area contributed by atoms with E-state index >= 15 is 0 Å². The minimum atomic E-state index is -0.315. The lowest BCUT2D eigenvalue weighted by atomic mass is 9.65. The molecule has 152 valence electrons. The quantitative estimate of drug-likeness (QED) is 0.449. The summed E-state index contributed by atoms with van der Waals surface area (Å²) >= 11 is 0. The van der Waals surface area contributed by atoms with E-state index < -0.39 is 0 Å². The summed E-state index contributed by atoms with van der Waals surface area (Å²) in [5, 5.41) is 0. The summed E-state index contributed by atoms with van der Waals surface area (Å²) in [7, 11) is 0. The smallest absolute Gasteiger partial charge is 0.306 e. The van der Waals surface area contributed by atoms with Gasteiger partial charge in [-0.2, -0.15) is 0 Å². The Bertz CT molecular complexity index is 955. The zero-order valence-corrected chi connectivity index (χ0v) is 17.1. The molecule has 0 amide bonds. The van der Waals surface area contributed by atoms with Crippen molar-refractivity contribution in [3.05, 3.63) is 58.4 Å². The summed E-state index contributed by atoms with van der Waals surface area (Å²) in [5.41, 5.74) is 5.85. The van der Waals surface area contributed by atoms with Crippen LogP contribution in [0, 0.1) is 5.82 Å². The topological polar surface area (TPSA) is 43.4 Å². The van der Waals surface area contributed by atoms with E-state index in [4.69, 9.17) is 4.74 Å². The van der Waals surface area contributed by atoms with E-state index in [0.717, 1.165) is 29.5 Å². The van der Waals surface area contributed by atoms with Crippen LogP contribution in [0.3, 0.4) is 0 Å². The normalized spacial score (nSPS) is 19.7. The van der Waals surface area contributed by atoms with E-state index in [0.29, 0.717) is 30.4 Å². The van der Waals surface area contributed by atoms with Gasteiger partial charge in [-0.15, -0.1) is 0 Å². The van der Waals surface area contributed by atoms with Gasteiger partial charge in [0.25, 0.3) is 0 Å². The maximum Gasteiger partial charge on any atom is 0.306 e. The van der Waals surface area contributed by atoms with Crippen LogP contribution in [0.5, 0.6) is 0 Å². The van der Waals surface area contributed by atoms with E-state index in [1.165, 1.54) is 30.0 Å². The molecule has 3 aliphatic carbocycles. The standard InChI is InChI=1S/C25H27FO3/c1-3-29-24(28)9-4-16-10-20(12-21(26)11-16)23-14-19(15(2)27)13-22-17-5-7-18(8-6-17)25(22)23/h10-14,17-18H,3-9H2,1-2H3. The predicted octanol–water partition coefficient (Wildman–Crippen LogP) is 5.95. The number of ether oxygens (including phenoxy) is 1. The lowest BCUT2D eigenvalue weighted by molar-refractivity contribution is -0.143. The van der Waals surface area contributed by atoms with Crippen LogP contribution in [0.15, 0.2) is 30.3 Å². The van der Waals surface area contributed by atoms with Crippen molar-refractivity contribution in [2.75, 3.05) is 6.61 Å². The van der Waals surface area contributed by atoms with Gasteiger partial charge in [0.1, 0.15) is 5.82 Å². The third kappa shape index (κ3) is 3.98. The maximum atomic E-state index is 14.5. The van der Waals surface area contributed by atoms with E-state index in [9.17, 15) is 14.0 Å². The molecule has 2 bridgehead atoms. The number of rotatable bonds is 6. The van der Waals surface area contributed by atoms with Crippen molar-refractivity contribution in [1.29, 1.82) is 0 Å². The van der Waals surface area contributed by atoms with Gasteiger partial charge in [-0.25, -0.2) is 4.39 Å². The van der Waals surface area contributed by atoms with Crippen LogP contribution < -0.4 is 0 Å². The number of carbonyl (C=O) groups is 2. The first-order valence-electron chi connectivity index (χ1n) is 10.6. The zero-order valence-electron chi connectivity index (χ0n) is 17.1. The van der Waals surface area contributed by atoms with Crippen molar-refractivity contribution in [3.63, 3.8) is 0 Å². The summed E-state index contributed by atoms with van der Waals surface area (Å²) < 4.78 is 19.5. The first kappa shape index (κ1) is 19.8. The Morgan fingerprint density at radius 1 is 1.03 bits per heavy atom. The molecule has 1 saturated carbocycles. The van der Waals surface area contributed by atoms with E-state index in [2.05, 4.69) is 6.07 Å². The van der Waals surface area contributed by atoms with Crippen molar-refractivity contribution in [3.8, 4) is 11.1 Å². The van der Waals surface area contributed by atoms with Gasteiger partial charge in [0.15, 0.2) is 5.78 Å². The molecule has 0 aromatic heterocycles. The Kier molecular flexibility index (Phi) is 5.53. The van der Waals surface area contributed by atoms with Crippen LogP contribution in [0.2, 0.25) is 0 Å². The summed E-state index contributed by atoms with van der Waals surface area (Å²) in [4.78, 5) is 23.9. The van der Waals surface area contributed by atoms with E-state index in [-0.39, 0.29) is 24.0 Å². The molecule has 29 heavy (non-hydrogen) atoms. The van der Waals surface area contributed by atoms with E-state index in [1.54, 1.807) is 19.9 Å². The van der Waals surface area contributed by atoms with Gasteiger partial charge in [-0.3, -0.25) is 9.59 Å². The lowest BCUT2D eigenvalue weighted by Gasteiger charge is -2.40. The number of ketones is 1. The minimum Gasteiger partial charge on any atom is -0.466 e. The number of carbonyl (C=O) groups excluding carboxylic acids is 2. The largest absolute Gasteiger partial charge is 0.466 e. The first-order chi connectivity index (χ1) is 14.0. The second-order valence-corrected chi connectivity index (χ2v) is 8.28. The molecule has 1 fully saturated rings. The third-order valence-electron chi connectivity index (χ3n) is 6.39. The third-order valence-corrected chi connectivity index (χ3v) is 6.39. The van der Waals surface area contributed by atoms with Crippen LogP contribution in [0.1, 0.15) is 84.8 Å². The van der Waals surface area contributed by atoms with Crippen LogP contribution in [-0.2, 0) is 16.0 Å². The highest BCUT2D eigenvalue weighted by Gasteiger charge is 2.35. The van der Waals surface area contributed by atoms with Crippen molar-refractivity contribution >= 4 is 11.8 Å². The van der Waals surface area contributed by atoms with Gasteiger partial charge in [0, 0.05) is 12.0 Å². The maximum absolute atomic E-state index is 14.5. The molecule has 0 unspecified atom stereocenters. The highest BCUT2D eigenvalue weighted by atomic mass is 19.1. The summed E-state index contributed by atoms with van der Waals surface area (Å²) in [6, 6.07) is 9.00. The van der Waals surface area contributed by atoms with E-state index in [1.807, 2.05) is 12.1 Å². The highest BCUT2D eigenvalue weighted by molar-refractivity contribution is 5.96. The Morgan fingerprint density at radius 3 is 2.45 bits per heavy atom. The Balaban J connectivity index is 1.76. The van der Waals surface area contributed by atoms with Crippen molar-refractivity contribution < 1.29 is 18.7 Å². The molecule has 0 spiro atoms. The molecule has 2 aromatic rings. The zero-order chi connectivity index (χ0) is 20.5. The van der Waals surface area contributed by atoms with Crippen LogP contribution >= 0.6 is 0 Å². The molecule has 0 heterocycles. The molecule has 0 N–H and O–H groups in total. The number of fused-ring (bicyclic) bond motifs is 2. The Labute approximate surface area is 171 Å². The molecular weight excluding hydrogens is 367 g/mol. The summed E-state index contributed by atoms with van der Waals surface area (Å²) in [6.45, 7) is 3.71. The molecule has 0 aliphatic heterocycles. The lowest BCUT2D eigenvalue weighted by Crippen LogP contribution is -2.23. The average Bonchev–Trinajstić information content (AvgIpc) is 2.72. The fourth-order valence-corrected chi connectivity index (χ4v) is 5.03. The van der Waals surface area contributed by atoms with Crippen molar-refractivity contribution in [2.45, 2.75) is 64.2 Å². The van der Waals surface area contributed by atoms with Crippen LogP contribution in [0.4, 0.5) is 4.39 Å². The van der Waals surface area contributed by atoms with Gasteiger partial charge in [0.2, 0.25) is 0 Å². The predicted molar refractivity (Wildman–Crippen MR) is 111 cm³/mol. The molecule has 0 radical (unpaired) electrons. The second kappa shape index (κ2) is 8.10. The number of Topliss-reactive ketones (excluding diaryl/α,β-unsaturated/α-hetero) is 1. The number of hydrogen-bond acceptors (Lipinski definition) is 3. The Hall–Kier alpha value is -2.49. The van der Waals surface area contributed by atoms with Gasteiger partial charge in [0.05, 0.1) is 6.61 Å². The van der Waals surface area contributed by atoms with Crippen LogP contribution in [-0.4, -0.2) is 18.4 Å². The summed E-state index contributed by atoms with van der Waals surface area (Å²) in [5.74, 6) is 0.437. The SMILES string of the molecule is CCOC(=O)CCc1cc(F)cc(-c2cc(C(C)=O)cc3c2C2CCC3CC2)c1. The molecular formula is C25H27FO3. The van der Waals surface area contributed by atoms with Crippen molar-refractivity contribution in [2.24, 2.45) is 0 Å². The fraction of sp³-hybridized carbons (Fsp3) is 0.440. The molecule has 3 aliphatic rings. The molecule has 5 rings (SSSR count). The van der Waals surface area contributed by atoms with Crippen molar-refractivity contribution in [1.82, 2.24) is 0 Å². The Morgan fingerprint density at radius 2 is 1.76 bits per heavy atom. The van der Waals surface area contributed by atoms with Gasteiger partial charge in [-0.05, 0) is 110 Å². The van der Waals surface area contributed by atoms with Crippen LogP contribution in [0.25, 0.3) is 11.1 Å². The van der Waals surface area contributed by atoms with Gasteiger partial charge >= 0.3 is 5.97 Å². The number of halogens is 1. The molecule has 0 atom stereocenters. The van der Waals surface area contributed by atoms with Gasteiger partial charge < -0.3 is 4.74 Å². The first-order valence-corrected chi connectivity index (χ1v) is 10.6. The average molecular weight is 394 g/mol. The minimum absolute atomic E-state index is 0.0365. The molecule has 2 aromatic carbocycles. The molecule has 3 nitrogen and oxygen atoms in total. The number of aryl methyl sites for hydroxylation is 1. The number of esters is 1. The molecule has 0 saturated heterocycles. The highest BCUT2D eigenvalue weighted by Crippen LogP contribution is 2.52. The monoisotopic (exact) mass is 394 g/mol. The second-order valence-electron chi connectivity index (χ2n) is 8.28. The van der Waals surface area contributed by atoms with Gasteiger partial charge in [-0.1, -0.05) is 6.07 Å². The number of hydrogen-bond donors (Lipinski definition) is 0. The summed E-state index contributed by atoms with van der Waals surface area (Å²) in [6.07, 6.45) is 5.33. The molecule has 4 heteroatoms. The fourth-order valence-electron chi connectivity index (χ4n) is 5.03. The number of benzene rings is 2.